The van der Waals surface area contributed by atoms with Gasteiger partial charge >= 0.3 is 12.1 Å². The number of hydrogen-bond acceptors (Lipinski definition) is 2. The molecule has 0 spiro atoms. The van der Waals surface area contributed by atoms with Gasteiger partial charge in [-0.25, -0.2) is 9.59 Å². The van der Waals surface area contributed by atoms with E-state index >= 15 is 0 Å². The van der Waals surface area contributed by atoms with Gasteiger partial charge in [-0.2, -0.15) is 0 Å². The van der Waals surface area contributed by atoms with E-state index in [4.69, 9.17) is 23.2 Å². The smallest absolute Gasteiger partial charge is 0.319 e. The predicted molar refractivity (Wildman–Crippen MR) is 122 cm³/mol. The summed E-state index contributed by atoms with van der Waals surface area (Å²) in [6.07, 6.45) is 4.20. The fourth-order valence-corrected chi connectivity index (χ4v) is 4.11. The quantitative estimate of drug-likeness (QED) is 0.453. The van der Waals surface area contributed by atoms with E-state index in [2.05, 4.69) is 21.3 Å². The zero-order chi connectivity index (χ0) is 21.3. The number of benzene rings is 2. The highest BCUT2D eigenvalue weighted by Gasteiger charge is 2.23. The van der Waals surface area contributed by atoms with Crippen LogP contribution < -0.4 is 21.3 Å². The van der Waals surface area contributed by atoms with Crippen molar-refractivity contribution in [2.75, 3.05) is 23.7 Å². The number of rotatable bonds is 6. The molecule has 0 saturated heterocycles. The largest absolute Gasteiger partial charge is 0.338 e. The lowest BCUT2D eigenvalue weighted by atomic mass is 9.81. The van der Waals surface area contributed by atoms with E-state index in [1.54, 1.807) is 48.5 Å². The van der Waals surface area contributed by atoms with Crippen LogP contribution in [0.3, 0.4) is 0 Å². The molecule has 8 heteroatoms. The van der Waals surface area contributed by atoms with Gasteiger partial charge in [0.2, 0.25) is 0 Å². The van der Waals surface area contributed by atoms with Crippen LogP contribution in [0, 0.1) is 11.8 Å². The summed E-state index contributed by atoms with van der Waals surface area (Å²) in [5.41, 5.74) is 1.33. The van der Waals surface area contributed by atoms with Crippen molar-refractivity contribution in [1.82, 2.24) is 10.6 Å². The average molecular weight is 449 g/mol. The summed E-state index contributed by atoms with van der Waals surface area (Å²) in [7, 11) is 0. The van der Waals surface area contributed by atoms with E-state index in [9.17, 15) is 9.59 Å². The Kier molecular flexibility index (Phi) is 8.22. The van der Waals surface area contributed by atoms with Crippen LogP contribution in [-0.4, -0.2) is 25.2 Å². The molecular formula is C22H26Cl2N4O2. The van der Waals surface area contributed by atoms with Gasteiger partial charge in [0, 0.05) is 34.5 Å². The summed E-state index contributed by atoms with van der Waals surface area (Å²) in [5, 5.41) is 12.6. The summed E-state index contributed by atoms with van der Waals surface area (Å²) in [6, 6.07) is 13.6. The molecule has 2 aromatic rings. The van der Waals surface area contributed by atoms with E-state index in [1.807, 2.05) is 0 Å². The van der Waals surface area contributed by atoms with E-state index < -0.39 is 0 Å². The van der Waals surface area contributed by atoms with Crippen molar-refractivity contribution >= 4 is 46.6 Å². The maximum absolute atomic E-state index is 12.1. The van der Waals surface area contributed by atoms with Crippen LogP contribution in [0.1, 0.15) is 25.7 Å². The van der Waals surface area contributed by atoms with E-state index in [0.717, 1.165) is 25.7 Å². The molecule has 0 aromatic heterocycles. The summed E-state index contributed by atoms with van der Waals surface area (Å²) >= 11 is 11.9. The maximum atomic E-state index is 12.1. The molecule has 6 nitrogen and oxygen atoms in total. The highest BCUT2D eigenvalue weighted by molar-refractivity contribution is 6.31. The zero-order valence-electron chi connectivity index (χ0n) is 16.6. The Hall–Kier alpha value is -2.44. The number of urea groups is 2. The number of halogens is 2. The third kappa shape index (κ3) is 7.43. The molecule has 0 radical (unpaired) electrons. The molecule has 3 rings (SSSR count). The van der Waals surface area contributed by atoms with E-state index in [1.165, 1.54) is 0 Å². The molecule has 0 heterocycles. The van der Waals surface area contributed by atoms with Crippen LogP contribution in [-0.2, 0) is 0 Å². The molecule has 1 saturated carbocycles. The van der Waals surface area contributed by atoms with Crippen LogP contribution in [0.2, 0.25) is 10.0 Å². The monoisotopic (exact) mass is 448 g/mol. The van der Waals surface area contributed by atoms with E-state index in [-0.39, 0.29) is 12.1 Å². The first-order chi connectivity index (χ1) is 14.5. The van der Waals surface area contributed by atoms with Crippen LogP contribution >= 0.6 is 23.2 Å². The van der Waals surface area contributed by atoms with Gasteiger partial charge in [-0.3, -0.25) is 0 Å². The fraction of sp³-hybridized carbons (Fsp3) is 0.364. The lowest BCUT2D eigenvalue weighted by Gasteiger charge is -2.29. The Bertz CT molecular complexity index is 808. The molecule has 1 fully saturated rings. The summed E-state index contributed by atoms with van der Waals surface area (Å²) < 4.78 is 0. The van der Waals surface area contributed by atoms with Crippen LogP contribution in [0.25, 0.3) is 0 Å². The highest BCUT2D eigenvalue weighted by atomic mass is 35.5. The summed E-state index contributed by atoms with van der Waals surface area (Å²) in [6.45, 7) is 1.22. The molecule has 4 N–H and O–H groups in total. The highest BCUT2D eigenvalue weighted by Crippen LogP contribution is 2.28. The molecule has 4 amide bonds. The van der Waals surface area contributed by atoms with Crippen molar-refractivity contribution in [2.45, 2.75) is 25.7 Å². The molecule has 30 heavy (non-hydrogen) atoms. The molecule has 0 bridgehead atoms. The summed E-state index contributed by atoms with van der Waals surface area (Å²) in [4.78, 5) is 24.2. The van der Waals surface area contributed by atoms with Crippen molar-refractivity contribution in [3.8, 4) is 0 Å². The molecule has 0 aliphatic heterocycles. The first-order valence-corrected chi connectivity index (χ1v) is 10.8. The third-order valence-electron chi connectivity index (χ3n) is 5.16. The fourth-order valence-electron chi connectivity index (χ4n) is 3.73. The molecule has 2 aromatic carbocycles. The van der Waals surface area contributed by atoms with Gasteiger partial charge in [-0.05, 0) is 67.5 Å². The number of nitrogens with one attached hydrogen (secondary N) is 4. The molecule has 1 aliphatic rings. The van der Waals surface area contributed by atoms with Crippen molar-refractivity contribution in [3.05, 3.63) is 58.6 Å². The lowest BCUT2D eigenvalue weighted by Crippen LogP contribution is -2.38. The number of carbonyl (C=O) groups is 2. The number of amides is 4. The normalized spacial score (nSPS) is 18.3. The van der Waals surface area contributed by atoms with Gasteiger partial charge in [0.1, 0.15) is 0 Å². The Balaban J connectivity index is 1.37. The van der Waals surface area contributed by atoms with E-state index in [0.29, 0.717) is 46.3 Å². The SMILES string of the molecule is O=C(NC[C@H]1CCC[C@H](CNC(=O)Nc2cccc(Cl)c2)C1)Nc1cccc(Cl)c1. The Labute approximate surface area is 186 Å². The minimum Gasteiger partial charge on any atom is -0.338 e. The Morgan fingerprint density at radius 2 is 1.27 bits per heavy atom. The summed E-state index contributed by atoms with van der Waals surface area (Å²) in [5.74, 6) is 0.790. The number of hydrogen-bond donors (Lipinski definition) is 4. The van der Waals surface area contributed by atoms with Crippen molar-refractivity contribution in [2.24, 2.45) is 11.8 Å². The molecule has 2 atom stereocenters. The first-order valence-electron chi connectivity index (χ1n) is 10.1. The van der Waals surface area contributed by atoms with Crippen LogP contribution in [0.5, 0.6) is 0 Å². The van der Waals surface area contributed by atoms with Crippen LogP contribution in [0.15, 0.2) is 48.5 Å². The number of carbonyl (C=O) groups excluding carboxylic acids is 2. The molecule has 160 valence electrons. The first kappa shape index (κ1) is 22.2. The standard InChI is InChI=1S/C22H26Cl2N4O2/c23-17-6-2-8-19(11-17)27-21(29)25-13-15-4-1-5-16(10-15)14-26-22(30)28-20-9-3-7-18(24)12-20/h2-3,6-9,11-12,15-16H,1,4-5,10,13-14H2,(H2,25,27,29)(H2,26,28,30)/t15-,16-/m0/s1. The minimum atomic E-state index is -0.238. The maximum Gasteiger partial charge on any atom is 0.319 e. The zero-order valence-corrected chi connectivity index (χ0v) is 18.1. The van der Waals surface area contributed by atoms with Gasteiger partial charge in [0.15, 0.2) is 0 Å². The molecular weight excluding hydrogens is 423 g/mol. The Morgan fingerprint density at radius 1 is 0.800 bits per heavy atom. The topological polar surface area (TPSA) is 82.3 Å². The van der Waals surface area contributed by atoms with Gasteiger partial charge in [0.25, 0.3) is 0 Å². The molecule has 1 aliphatic carbocycles. The van der Waals surface area contributed by atoms with Crippen molar-refractivity contribution in [1.29, 1.82) is 0 Å². The third-order valence-corrected chi connectivity index (χ3v) is 5.63. The molecule has 0 unspecified atom stereocenters. The minimum absolute atomic E-state index is 0.238. The second-order valence-corrected chi connectivity index (χ2v) is 8.46. The number of anilines is 2. The van der Waals surface area contributed by atoms with Crippen LogP contribution in [0.4, 0.5) is 21.0 Å². The average Bonchev–Trinajstić information content (AvgIpc) is 2.71. The second kappa shape index (κ2) is 11.1. The second-order valence-electron chi connectivity index (χ2n) is 7.59. The van der Waals surface area contributed by atoms with Gasteiger partial charge in [-0.1, -0.05) is 41.8 Å². The lowest BCUT2D eigenvalue weighted by molar-refractivity contribution is 0.230. The predicted octanol–water partition coefficient (Wildman–Crippen LogP) is 5.74. The van der Waals surface area contributed by atoms with Gasteiger partial charge in [-0.15, -0.1) is 0 Å². The van der Waals surface area contributed by atoms with Crippen molar-refractivity contribution < 1.29 is 9.59 Å². The Morgan fingerprint density at radius 3 is 1.70 bits per heavy atom. The van der Waals surface area contributed by atoms with Gasteiger partial charge in [0.05, 0.1) is 0 Å². The van der Waals surface area contributed by atoms with Crippen molar-refractivity contribution in [3.63, 3.8) is 0 Å². The van der Waals surface area contributed by atoms with Gasteiger partial charge < -0.3 is 21.3 Å².